The minimum Gasteiger partial charge on any atom is -0.457 e. The fraction of sp³-hybridized carbons (Fsp3) is 0.765. The second-order valence-electron chi connectivity index (χ2n) is 14.0. The lowest BCUT2D eigenvalue weighted by Crippen LogP contribution is -2.69. The van der Waals surface area contributed by atoms with Crippen molar-refractivity contribution in [2.24, 2.45) is 28.6 Å². The van der Waals surface area contributed by atoms with Crippen molar-refractivity contribution in [2.45, 2.75) is 121 Å². The smallest absolute Gasteiger partial charge is 0.457 e. The first-order chi connectivity index (χ1) is 20.4. The Morgan fingerprint density at radius 3 is 2.53 bits per heavy atom. The van der Waals surface area contributed by atoms with Gasteiger partial charge in [0.25, 0.3) is 0 Å². The van der Waals surface area contributed by atoms with Gasteiger partial charge in [-0.25, -0.2) is 4.79 Å². The van der Waals surface area contributed by atoms with E-state index in [4.69, 9.17) is 25.8 Å². The standard InChI is InChI=1S/C34H47ClO8/c1-4-5-18-41-30(40)43-33(28(38)21-42-29(39)13-10-22-8-6-7-9-22)17-15-25-26-12-11-23-19-24(36)14-16-31(23,2)34(26,35)27(37)20-32(25,33)3/h14,16,19,22,25-27,37H,4-13,15,17-18,20-21H2,1-3H3/t25-,26-,27?,31-,32-,33-,34-/m0/s1. The maximum Gasteiger partial charge on any atom is 0.509 e. The lowest BCUT2D eigenvalue weighted by Gasteiger charge is -2.63. The molecule has 0 amide bonds. The van der Waals surface area contributed by atoms with Gasteiger partial charge in [0.1, 0.15) is 0 Å². The normalized spacial score (nSPS) is 38.5. The fourth-order valence-electron chi connectivity index (χ4n) is 9.31. The van der Waals surface area contributed by atoms with E-state index in [0.717, 1.165) is 31.3 Å². The largest absolute Gasteiger partial charge is 0.509 e. The molecule has 8 nitrogen and oxygen atoms in total. The number of carbonyl (C=O) groups is 4. The molecule has 7 atom stereocenters. The SMILES string of the molecule is CCCCOC(=O)O[C@]1(C(=O)COC(=O)CCC2CCCC2)CC[C@H]2[C@@H]3CCC4=CC(=O)C=C[C@]4(C)[C@@]3(Cl)C(O)C[C@@]21C. The van der Waals surface area contributed by atoms with Crippen molar-refractivity contribution in [1.82, 2.24) is 0 Å². The Balaban J connectivity index is 1.40. The minimum atomic E-state index is -1.64. The molecule has 9 heteroatoms. The van der Waals surface area contributed by atoms with E-state index >= 15 is 0 Å². The molecule has 0 heterocycles. The number of allylic oxidation sites excluding steroid dienone is 4. The molecule has 0 aromatic heterocycles. The molecule has 5 rings (SSSR count). The van der Waals surface area contributed by atoms with Crippen LogP contribution in [0.4, 0.5) is 4.79 Å². The van der Waals surface area contributed by atoms with Gasteiger partial charge in [-0.2, -0.15) is 0 Å². The first-order valence-electron chi connectivity index (χ1n) is 16.3. The van der Waals surface area contributed by atoms with E-state index in [1.807, 2.05) is 26.8 Å². The van der Waals surface area contributed by atoms with Crippen LogP contribution in [0.15, 0.2) is 23.8 Å². The van der Waals surface area contributed by atoms with Gasteiger partial charge in [0.05, 0.1) is 17.6 Å². The molecular weight excluding hydrogens is 572 g/mol. The van der Waals surface area contributed by atoms with Gasteiger partial charge in [-0.15, -0.1) is 11.6 Å². The predicted octanol–water partition coefficient (Wildman–Crippen LogP) is 6.40. The summed E-state index contributed by atoms with van der Waals surface area (Å²) in [4.78, 5) is 51.0. The van der Waals surface area contributed by atoms with Gasteiger partial charge in [0, 0.05) is 17.3 Å². The number of halogens is 1. The van der Waals surface area contributed by atoms with E-state index in [9.17, 15) is 24.3 Å². The fourth-order valence-corrected chi connectivity index (χ4v) is 9.83. The zero-order chi connectivity index (χ0) is 31.0. The lowest BCUT2D eigenvalue weighted by molar-refractivity contribution is -0.182. The van der Waals surface area contributed by atoms with Crippen molar-refractivity contribution in [3.8, 4) is 0 Å². The summed E-state index contributed by atoms with van der Waals surface area (Å²) in [6.45, 7) is 5.53. The van der Waals surface area contributed by atoms with Crippen LogP contribution in [-0.2, 0) is 28.6 Å². The summed E-state index contributed by atoms with van der Waals surface area (Å²) >= 11 is 7.53. The van der Waals surface area contributed by atoms with Crippen LogP contribution in [0.3, 0.4) is 0 Å². The molecule has 43 heavy (non-hydrogen) atoms. The number of alkyl halides is 1. The summed E-state index contributed by atoms with van der Waals surface area (Å²) in [6, 6.07) is 0. The third-order valence-corrected chi connectivity index (χ3v) is 12.7. The van der Waals surface area contributed by atoms with Gasteiger partial charge >= 0.3 is 12.1 Å². The molecule has 0 aromatic rings. The number of ether oxygens (including phenoxy) is 3. The Kier molecular flexibility index (Phi) is 9.22. The number of fused-ring (bicyclic) bond motifs is 5. The predicted molar refractivity (Wildman–Crippen MR) is 160 cm³/mol. The zero-order valence-electron chi connectivity index (χ0n) is 25.8. The van der Waals surface area contributed by atoms with Crippen molar-refractivity contribution in [1.29, 1.82) is 0 Å². The Hall–Kier alpha value is -2.19. The van der Waals surface area contributed by atoms with Crippen molar-refractivity contribution in [3.05, 3.63) is 23.8 Å². The number of carbonyl (C=O) groups excluding carboxylic acids is 4. The zero-order valence-corrected chi connectivity index (χ0v) is 26.6. The highest BCUT2D eigenvalue weighted by Gasteiger charge is 2.74. The maximum absolute atomic E-state index is 14.1. The molecule has 5 aliphatic rings. The van der Waals surface area contributed by atoms with Crippen LogP contribution in [0.2, 0.25) is 0 Å². The number of esters is 1. The second kappa shape index (κ2) is 12.3. The van der Waals surface area contributed by atoms with Gasteiger partial charge in [0.15, 0.2) is 18.0 Å². The quantitative estimate of drug-likeness (QED) is 0.170. The van der Waals surface area contributed by atoms with E-state index in [2.05, 4.69) is 0 Å². The Bertz CT molecular complexity index is 1190. The molecule has 4 saturated carbocycles. The van der Waals surface area contributed by atoms with Crippen LogP contribution in [0.25, 0.3) is 0 Å². The monoisotopic (exact) mass is 618 g/mol. The molecule has 1 unspecified atom stereocenters. The molecule has 1 N–H and O–H groups in total. The number of aliphatic hydroxyl groups excluding tert-OH is 1. The summed E-state index contributed by atoms with van der Waals surface area (Å²) < 4.78 is 16.9. The topological polar surface area (TPSA) is 116 Å². The third kappa shape index (κ3) is 5.38. The molecule has 0 spiro atoms. The van der Waals surface area contributed by atoms with Crippen LogP contribution in [-0.4, -0.2) is 58.6 Å². The summed E-state index contributed by atoms with van der Waals surface area (Å²) in [5, 5.41) is 11.9. The second-order valence-corrected chi connectivity index (χ2v) is 14.6. The van der Waals surface area contributed by atoms with Crippen LogP contribution in [0.1, 0.15) is 104 Å². The summed E-state index contributed by atoms with van der Waals surface area (Å²) in [6.07, 6.45) is 12.3. The van der Waals surface area contributed by atoms with E-state index in [1.54, 1.807) is 6.08 Å². The minimum absolute atomic E-state index is 0.0837. The molecule has 0 saturated heterocycles. The van der Waals surface area contributed by atoms with E-state index in [0.29, 0.717) is 31.6 Å². The van der Waals surface area contributed by atoms with E-state index in [-0.39, 0.29) is 43.5 Å². The Labute approximate surface area is 259 Å². The molecular formula is C34H47ClO8. The molecule has 238 valence electrons. The van der Waals surface area contributed by atoms with Crippen LogP contribution in [0, 0.1) is 28.6 Å². The summed E-state index contributed by atoms with van der Waals surface area (Å²) in [5.74, 6) is -0.856. The van der Waals surface area contributed by atoms with Gasteiger partial charge in [-0.1, -0.05) is 64.5 Å². The van der Waals surface area contributed by atoms with E-state index < -0.39 is 51.9 Å². The molecule has 0 radical (unpaired) electrons. The highest BCUT2D eigenvalue weighted by atomic mass is 35.5. The first-order valence-corrected chi connectivity index (χ1v) is 16.6. The van der Waals surface area contributed by atoms with Gasteiger partial charge in [0.2, 0.25) is 5.78 Å². The Morgan fingerprint density at radius 2 is 1.81 bits per heavy atom. The highest BCUT2D eigenvalue weighted by Crippen LogP contribution is 2.71. The van der Waals surface area contributed by atoms with Gasteiger partial charge < -0.3 is 19.3 Å². The summed E-state index contributed by atoms with van der Waals surface area (Å²) in [7, 11) is 0. The number of rotatable bonds is 10. The van der Waals surface area contributed by atoms with Crippen molar-refractivity contribution >= 4 is 35.3 Å². The van der Waals surface area contributed by atoms with Crippen molar-refractivity contribution in [2.75, 3.05) is 13.2 Å². The number of ketones is 2. The highest BCUT2D eigenvalue weighted by molar-refractivity contribution is 6.26. The lowest BCUT2D eigenvalue weighted by atomic mass is 9.45. The molecule has 0 aliphatic heterocycles. The van der Waals surface area contributed by atoms with Crippen LogP contribution in [0.5, 0.6) is 0 Å². The number of unbranched alkanes of at least 4 members (excludes halogenated alkanes) is 1. The van der Waals surface area contributed by atoms with E-state index in [1.165, 1.54) is 18.9 Å². The molecule has 5 aliphatic carbocycles. The van der Waals surface area contributed by atoms with Crippen molar-refractivity contribution < 1.29 is 38.5 Å². The number of hydrogen-bond donors (Lipinski definition) is 1. The maximum atomic E-state index is 14.1. The average Bonchev–Trinajstić information content (AvgIpc) is 3.59. The first kappa shape index (κ1) is 32.2. The van der Waals surface area contributed by atoms with Gasteiger partial charge in [-0.3, -0.25) is 14.4 Å². The van der Waals surface area contributed by atoms with Crippen LogP contribution >= 0.6 is 11.6 Å². The summed E-state index contributed by atoms with van der Waals surface area (Å²) in [5.41, 5.74) is -2.44. The third-order valence-electron chi connectivity index (χ3n) is 11.8. The van der Waals surface area contributed by atoms with Crippen LogP contribution < -0.4 is 0 Å². The number of Topliss-reactive ketones (excluding diaryl/α,β-unsaturated/α-hetero) is 1. The molecule has 0 aromatic carbocycles. The van der Waals surface area contributed by atoms with Crippen molar-refractivity contribution in [3.63, 3.8) is 0 Å². The number of aliphatic hydroxyl groups is 1. The molecule has 4 fully saturated rings. The Morgan fingerprint density at radius 1 is 1.07 bits per heavy atom. The average molecular weight is 619 g/mol. The number of hydrogen-bond acceptors (Lipinski definition) is 8. The van der Waals surface area contributed by atoms with Gasteiger partial charge in [-0.05, 0) is 74.9 Å². The molecule has 0 bridgehead atoms.